The predicted octanol–water partition coefficient (Wildman–Crippen LogP) is 1.41. The highest BCUT2D eigenvalue weighted by molar-refractivity contribution is 6.01. The topological polar surface area (TPSA) is 43.4 Å². The Morgan fingerprint density at radius 2 is 1.67 bits per heavy atom. The smallest absolute Gasteiger partial charge is 0.315 e. The molecule has 0 spiro atoms. The number of hydrogen-bond donors (Lipinski definition) is 0. The van der Waals surface area contributed by atoms with E-state index in [2.05, 4.69) is 4.74 Å². The zero-order chi connectivity index (χ0) is 9.94. The molecule has 0 bridgehead atoms. The van der Waals surface area contributed by atoms with E-state index in [1.807, 2.05) is 0 Å². The normalized spacial score (nSPS) is 13.8. The summed E-state index contributed by atoms with van der Waals surface area (Å²) in [7, 11) is 1.29. The summed E-state index contributed by atoms with van der Waals surface area (Å²) in [5.74, 6) is -1.21. The second-order valence-electron chi connectivity index (χ2n) is 3.86. The summed E-state index contributed by atoms with van der Waals surface area (Å²) in [5, 5.41) is 0. The molecule has 0 aromatic heterocycles. The Labute approximate surface area is 73.1 Å². The number of rotatable bonds is 2. The fraction of sp³-hybridized carbons (Fsp3) is 0.778. The summed E-state index contributed by atoms with van der Waals surface area (Å²) in [4.78, 5) is 22.4. The Bertz CT molecular complexity index is 188. The third kappa shape index (κ3) is 2.64. The summed E-state index contributed by atoms with van der Waals surface area (Å²) >= 11 is 0. The molecule has 70 valence electrons. The zero-order valence-corrected chi connectivity index (χ0v) is 8.30. The lowest BCUT2D eigenvalue weighted by Crippen LogP contribution is -2.32. The fourth-order valence-electron chi connectivity index (χ4n) is 0.933. The molecular weight excluding hydrogens is 156 g/mol. The molecule has 1 unspecified atom stereocenters. The minimum atomic E-state index is -0.657. The van der Waals surface area contributed by atoms with E-state index in [1.54, 1.807) is 27.7 Å². The van der Waals surface area contributed by atoms with Crippen molar-refractivity contribution < 1.29 is 14.3 Å². The molecule has 0 fully saturated rings. The van der Waals surface area contributed by atoms with Crippen LogP contribution in [0, 0.1) is 11.3 Å². The van der Waals surface area contributed by atoms with Gasteiger partial charge in [-0.15, -0.1) is 0 Å². The molecule has 3 nitrogen and oxygen atoms in total. The molecule has 0 aliphatic rings. The second-order valence-corrected chi connectivity index (χ2v) is 3.86. The first-order valence-electron chi connectivity index (χ1n) is 3.93. The van der Waals surface area contributed by atoms with Gasteiger partial charge in [-0.3, -0.25) is 9.59 Å². The predicted molar refractivity (Wildman–Crippen MR) is 45.6 cm³/mol. The van der Waals surface area contributed by atoms with Gasteiger partial charge in [-0.05, 0) is 6.92 Å². The number of esters is 1. The Hall–Kier alpha value is -0.860. The first-order chi connectivity index (χ1) is 5.30. The highest BCUT2D eigenvalue weighted by Crippen LogP contribution is 2.20. The molecule has 0 saturated heterocycles. The minimum absolute atomic E-state index is 0.0886. The van der Waals surface area contributed by atoms with E-state index < -0.39 is 17.3 Å². The summed E-state index contributed by atoms with van der Waals surface area (Å²) in [6.07, 6.45) is 0. The number of methoxy groups -OCH3 is 1. The number of hydrogen-bond acceptors (Lipinski definition) is 3. The van der Waals surface area contributed by atoms with Gasteiger partial charge in [0.1, 0.15) is 5.92 Å². The van der Waals surface area contributed by atoms with E-state index in [0.717, 1.165) is 0 Å². The van der Waals surface area contributed by atoms with Crippen molar-refractivity contribution in [1.82, 2.24) is 0 Å². The standard InChI is InChI=1S/C9H16O3/c1-6(8(11)12-5)7(10)9(2,3)4/h6H,1-5H3. The van der Waals surface area contributed by atoms with Gasteiger partial charge in [0.2, 0.25) is 0 Å². The van der Waals surface area contributed by atoms with Gasteiger partial charge in [0.05, 0.1) is 7.11 Å². The van der Waals surface area contributed by atoms with Crippen molar-refractivity contribution in [2.45, 2.75) is 27.7 Å². The molecule has 0 rings (SSSR count). The summed E-state index contributed by atoms with van der Waals surface area (Å²) in [6, 6.07) is 0. The molecule has 0 radical (unpaired) electrons. The Kier molecular flexibility index (Phi) is 3.43. The second kappa shape index (κ2) is 3.70. The summed E-state index contributed by atoms with van der Waals surface area (Å²) in [6.45, 7) is 6.93. The average molecular weight is 172 g/mol. The van der Waals surface area contributed by atoms with Crippen LogP contribution in [0.4, 0.5) is 0 Å². The number of carbonyl (C=O) groups excluding carboxylic acids is 2. The molecule has 0 aliphatic heterocycles. The molecule has 0 N–H and O–H groups in total. The van der Waals surface area contributed by atoms with E-state index in [-0.39, 0.29) is 5.78 Å². The minimum Gasteiger partial charge on any atom is -0.468 e. The van der Waals surface area contributed by atoms with Crippen molar-refractivity contribution >= 4 is 11.8 Å². The number of ether oxygens (including phenoxy) is 1. The maximum Gasteiger partial charge on any atom is 0.315 e. The first kappa shape index (κ1) is 11.1. The lowest BCUT2D eigenvalue weighted by atomic mass is 9.84. The van der Waals surface area contributed by atoms with Crippen molar-refractivity contribution in [3.63, 3.8) is 0 Å². The van der Waals surface area contributed by atoms with Gasteiger partial charge in [0.15, 0.2) is 5.78 Å². The van der Waals surface area contributed by atoms with Crippen LogP contribution in [0.25, 0.3) is 0 Å². The van der Waals surface area contributed by atoms with Crippen LogP contribution >= 0.6 is 0 Å². The highest BCUT2D eigenvalue weighted by Gasteiger charge is 2.31. The third-order valence-corrected chi connectivity index (χ3v) is 1.69. The van der Waals surface area contributed by atoms with E-state index >= 15 is 0 Å². The summed E-state index contributed by atoms with van der Waals surface area (Å²) in [5.41, 5.74) is -0.479. The zero-order valence-electron chi connectivity index (χ0n) is 8.30. The van der Waals surface area contributed by atoms with Crippen LogP contribution in [-0.2, 0) is 14.3 Å². The molecule has 0 aromatic carbocycles. The molecule has 3 heteroatoms. The maximum absolute atomic E-state index is 11.5. The van der Waals surface area contributed by atoms with Crippen LogP contribution in [0.2, 0.25) is 0 Å². The Morgan fingerprint density at radius 1 is 1.25 bits per heavy atom. The maximum atomic E-state index is 11.5. The Morgan fingerprint density at radius 3 is 1.92 bits per heavy atom. The SMILES string of the molecule is COC(=O)C(C)C(=O)C(C)(C)C. The lowest BCUT2D eigenvalue weighted by Gasteiger charge is -2.19. The van der Waals surface area contributed by atoms with Crippen molar-refractivity contribution in [1.29, 1.82) is 0 Å². The van der Waals surface area contributed by atoms with Crippen LogP contribution in [0.5, 0.6) is 0 Å². The van der Waals surface area contributed by atoms with Gasteiger partial charge in [0, 0.05) is 5.41 Å². The monoisotopic (exact) mass is 172 g/mol. The van der Waals surface area contributed by atoms with Crippen LogP contribution in [-0.4, -0.2) is 18.9 Å². The number of carbonyl (C=O) groups is 2. The van der Waals surface area contributed by atoms with Gasteiger partial charge in [-0.1, -0.05) is 20.8 Å². The van der Waals surface area contributed by atoms with E-state index in [4.69, 9.17) is 0 Å². The quantitative estimate of drug-likeness (QED) is 0.467. The van der Waals surface area contributed by atoms with Gasteiger partial charge < -0.3 is 4.74 Å². The van der Waals surface area contributed by atoms with Crippen molar-refractivity contribution in [2.24, 2.45) is 11.3 Å². The van der Waals surface area contributed by atoms with Gasteiger partial charge in [-0.25, -0.2) is 0 Å². The van der Waals surface area contributed by atoms with Crippen LogP contribution in [0.1, 0.15) is 27.7 Å². The van der Waals surface area contributed by atoms with E-state index in [1.165, 1.54) is 7.11 Å². The average Bonchev–Trinajstić information content (AvgIpc) is 1.98. The molecule has 0 aliphatic carbocycles. The van der Waals surface area contributed by atoms with Crippen molar-refractivity contribution in [3.8, 4) is 0 Å². The third-order valence-electron chi connectivity index (χ3n) is 1.69. The van der Waals surface area contributed by atoms with E-state index in [9.17, 15) is 9.59 Å². The molecule has 1 atom stereocenters. The van der Waals surface area contributed by atoms with Gasteiger partial charge in [-0.2, -0.15) is 0 Å². The highest BCUT2D eigenvalue weighted by atomic mass is 16.5. The molecule has 12 heavy (non-hydrogen) atoms. The first-order valence-corrected chi connectivity index (χ1v) is 3.93. The fourth-order valence-corrected chi connectivity index (χ4v) is 0.933. The lowest BCUT2D eigenvalue weighted by molar-refractivity contribution is -0.150. The van der Waals surface area contributed by atoms with Crippen molar-refractivity contribution in [2.75, 3.05) is 7.11 Å². The van der Waals surface area contributed by atoms with Crippen LogP contribution in [0.3, 0.4) is 0 Å². The number of Topliss-reactive ketones (excluding diaryl/α,β-unsaturated/α-hetero) is 1. The van der Waals surface area contributed by atoms with E-state index in [0.29, 0.717) is 0 Å². The molecule has 0 heterocycles. The largest absolute Gasteiger partial charge is 0.468 e. The molecule has 0 aromatic rings. The Balaban J connectivity index is 4.41. The molecule has 0 saturated carbocycles. The van der Waals surface area contributed by atoms with Crippen molar-refractivity contribution in [3.05, 3.63) is 0 Å². The molecule has 0 amide bonds. The van der Waals surface area contributed by atoms with Crippen LogP contribution < -0.4 is 0 Å². The number of ketones is 1. The van der Waals surface area contributed by atoms with Crippen LogP contribution in [0.15, 0.2) is 0 Å². The summed E-state index contributed by atoms with van der Waals surface area (Å²) < 4.78 is 4.47. The van der Waals surface area contributed by atoms with Gasteiger partial charge >= 0.3 is 5.97 Å². The van der Waals surface area contributed by atoms with Gasteiger partial charge in [0.25, 0.3) is 0 Å². The molecular formula is C9H16O3.